The number of anilines is 1. The van der Waals surface area contributed by atoms with Gasteiger partial charge in [-0.15, -0.1) is 11.8 Å². The fourth-order valence-electron chi connectivity index (χ4n) is 1.27. The van der Waals surface area contributed by atoms with Crippen molar-refractivity contribution in [3.05, 3.63) is 10.7 Å². The molecule has 0 saturated heterocycles. The predicted molar refractivity (Wildman–Crippen MR) is 76.5 cm³/mol. The first-order valence-corrected chi connectivity index (χ1v) is 7.08. The smallest absolute Gasteiger partial charge is 0.237 e. The van der Waals surface area contributed by atoms with Gasteiger partial charge in [0.15, 0.2) is 0 Å². The Balaban J connectivity index is 2.71. The molecular weight excluding hydrogens is 302 g/mol. The Bertz CT molecular complexity index is 392. The number of halogens is 1. The highest BCUT2D eigenvalue weighted by Gasteiger charge is 2.20. The molecule has 1 aromatic heterocycles. The summed E-state index contributed by atoms with van der Waals surface area (Å²) in [6, 6.07) is 0. The van der Waals surface area contributed by atoms with Gasteiger partial charge in [-0.05, 0) is 15.9 Å². The summed E-state index contributed by atoms with van der Waals surface area (Å²) >= 11 is 5.04. The van der Waals surface area contributed by atoms with Gasteiger partial charge < -0.3 is 0 Å². The first-order chi connectivity index (χ1) is 7.72. The van der Waals surface area contributed by atoms with Crippen LogP contribution in [0.3, 0.4) is 0 Å². The van der Waals surface area contributed by atoms with E-state index in [9.17, 15) is 4.79 Å². The van der Waals surface area contributed by atoms with Crippen molar-refractivity contribution < 1.29 is 4.79 Å². The lowest BCUT2D eigenvalue weighted by atomic mass is 10.3. The van der Waals surface area contributed by atoms with Crippen LogP contribution in [-0.4, -0.2) is 33.2 Å². The molecule has 1 amide bonds. The minimum atomic E-state index is 0.0780. The minimum absolute atomic E-state index is 0.0780. The number of aromatic nitrogens is 2. The number of thioether (sulfide) groups is 1. The molecule has 0 N–H and O–H groups in total. The maximum absolute atomic E-state index is 12.0. The molecule has 0 aliphatic carbocycles. The molecule has 0 radical (unpaired) electrons. The number of rotatable bonds is 3. The van der Waals surface area contributed by atoms with Gasteiger partial charge in [0.1, 0.15) is 5.82 Å². The Morgan fingerprint density at radius 2 is 2.18 bits per heavy atom. The fourth-order valence-corrected chi connectivity index (χ4v) is 2.64. The number of nitrogens with zero attached hydrogens (tertiary/aromatic N) is 3. The summed E-state index contributed by atoms with van der Waals surface area (Å²) in [5.74, 6) is 1.33. The molecule has 0 spiro atoms. The van der Waals surface area contributed by atoms with Crippen LogP contribution in [-0.2, 0) is 11.8 Å². The molecule has 1 heterocycles. The van der Waals surface area contributed by atoms with E-state index in [1.165, 1.54) is 0 Å². The third-order valence-corrected chi connectivity index (χ3v) is 4.00. The molecule has 0 atom stereocenters. The van der Waals surface area contributed by atoms with E-state index in [0.717, 1.165) is 10.3 Å². The molecular formula is C11H18BrN3OS. The summed E-state index contributed by atoms with van der Waals surface area (Å²) in [5, 5.41) is 4.10. The summed E-state index contributed by atoms with van der Waals surface area (Å²) in [5.41, 5.74) is 0. The molecule has 0 aliphatic rings. The molecule has 17 heavy (non-hydrogen) atoms. The topological polar surface area (TPSA) is 38.1 Å². The number of hydrogen-bond donors (Lipinski definition) is 0. The predicted octanol–water partition coefficient (Wildman–Crippen LogP) is 2.68. The van der Waals surface area contributed by atoms with E-state index in [2.05, 4.69) is 41.8 Å². The SMILES string of the molecule is CN(C(=O)CSC(C)(C)C)c1c(Br)cnn1C. The zero-order valence-electron chi connectivity index (χ0n) is 10.8. The highest BCUT2D eigenvalue weighted by Crippen LogP contribution is 2.27. The largest absolute Gasteiger partial charge is 0.299 e. The van der Waals surface area contributed by atoms with Crippen LogP contribution in [0.2, 0.25) is 0 Å². The molecule has 6 heteroatoms. The van der Waals surface area contributed by atoms with Gasteiger partial charge in [-0.25, -0.2) is 0 Å². The van der Waals surface area contributed by atoms with E-state index in [4.69, 9.17) is 0 Å². The maximum atomic E-state index is 12.0. The van der Waals surface area contributed by atoms with Gasteiger partial charge in [-0.2, -0.15) is 5.10 Å². The van der Waals surface area contributed by atoms with Crippen molar-refractivity contribution in [2.45, 2.75) is 25.5 Å². The van der Waals surface area contributed by atoms with Crippen molar-refractivity contribution >= 4 is 39.4 Å². The number of carbonyl (C=O) groups is 1. The van der Waals surface area contributed by atoms with Gasteiger partial charge in [0, 0.05) is 18.8 Å². The van der Waals surface area contributed by atoms with Crippen LogP contribution < -0.4 is 4.90 Å². The van der Waals surface area contributed by atoms with E-state index < -0.39 is 0 Å². The molecule has 0 fully saturated rings. The molecule has 4 nitrogen and oxygen atoms in total. The van der Waals surface area contributed by atoms with Crippen LogP contribution in [0.5, 0.6) is 0 Å². The summed E-state index contributed by atoms with van der Waals surface area (Å²) in [6.07, 6.45) is 1.69. The summed E-state index contributed by atoms with van der Waals surface area (Å²) in [4.78, 5) is 13.7. The molecule has 0 aliphatic heterocycles. The van der Waals surface area contributed by atoms with Crippen LogP contribution in [0.4, 0.5) is 5.82 Å². The molecule has 0 unspecified atom stereocenters. The zero-order chi connectivity index (χ0) is 13.2. The number of aryl methyl sites for hydroxylation is 1. The van der Waals surface area contributed by atoms with Crippen LogP contribution >= 0.6 is 27.7 Å². The maximum Gasteiger partial charge on any atom is 0.237 e. The lowest BCUT2D eigenvalue weighted by Crippen LogP contribution is -2.31. The van der Waals surface area contributed by atoms with Crippen molar-refractivity contribution in [3.63, 3.8) is 0 Å². The lowest BCUT2D eigenvalue weighted by molar-refractivity contribution is -0.115. The highest BCUT2D eigenvalue weighted by atomic mass is 79.9. The van der Waals surface area contributed by atoms with Crippen molar-refractivity contribution in [3.8, 4) is 0 Å². The summed E-state index contributed by atoms with van der Waals surface area (Å²) < 4.78 is 2.61. The standard InChI is InChI=1S/C11H18BrN3OS/c1-11(2,3)17-7-9(16)14(4)10-8(12)6-13-15(10)5/h6H,7H2,1-5H3. The van der Waals surface area contributed by atoms with Crippen molar-refractivity contribution in [2.75, 3.05) is 17.7 Å². The van der Waals surface area contributed by atoms with Crippen LogP contribution in [0, 0.1) is 0 Å². The molecule has 0 aromatic carbocycles. The third-order valence-electron chi connectivity index (χ3n) is 2.18. The first kappa shape index (κ1) is 14.6. The number of carbonyl (C=O) groups excluding carboxylic acids is 1. The van der Waals surface area contributed by atoms with Crippen molar-refractivity contribution in [1.29, 1.82) is 0 Å². The number of hydrogen-bond acceptors (Lipinski definition) is 3. The fraction of sp³-hybridized carbons (Fsp3) is 0.636. The molecule has 0 saturated carbocycles. The van der Waals surface area contributed by atoms with Gasteiger partial charge in [0.2, 0.25) is 5.91 Å². The average molecular weight is 320 g/mol. The number of amides is 1. The Morgan fingerprint density at radius 3 is 2.59 bits per heavy atom. The van der Waals surface area contributed by atoms with Gasteiger partial charge in [-0.1, -0.05) is 20.8 Å². The Kier molecular flexibility index (Phi) is 4.66. The van der Waals surface area contributed by atoms with E-state index in [1.54, 1.807) is 34.6 Å². The summed E-state index contributed by atoms with van der Waals surface area (Å²) in [7, 11) is 3.59. The van der Waals surface area contributed by atoms with E-state index in [1.807, 2.05) is 7.05 Å². The molecule has 1 rings (SSSR count). The second-order valence-electron chi connectivity index (χ2n) is 4.79. The van der Waals surface area contributed by atoms with Gasteiger partial charge in [0.05, 0.1) is 16.4 Å². The quantitative estimate of drug-likeness (QED) is 0.859. The minimum Gasteiger partial charge on any atom is -0.299 e. The van der Waals surface area contributed by atoms with Crippen LogP contribution in [0.15, 0.2) is 10.7 Å². The zero-order valence-corrected chi connectivity index (χ0v) is 13.2. The van der Waals surface area contributed by atoms with Gasteiger partial charge in [-0.3, -0.25) is 14.4 Å². The highest BCUT2D eigenvalue weighted by molar-refractivity contribution is 9.10. The molecule has 1 aromatic rings. The monoisotopic (exact) mass is 319 g/mol. The Hall–Kier alpha value is -0.490. The Morgan fingerprint density at radius 1 is 1.59 bits per heavy atom. The van der Waals surface area contributed by atoms with E-state index >= 15 is 0 Å². The Labute approximate surface area is 115 Å². The molecule has 96 valence electrons. The van der Waals surface area contributed by atoms with Crippen molar-refractivity contribution in [2.24, 2.45) is 7.05 Å². The third kappa shape index (κ3) is 4.03. The van der Waals surface area contributed by atoms with E-state index in [-0.39, 0.29) is 10.7 Å². The second kappa shape index (κ2) is 5.44. The van der Waals surface area contributed by atoms with Crippen molar-refractivity contribution in [1.82, 2.24) is 9.78 Å². The normalized spacial score (nSPS) is 11.6. The van der Waals surface area contributed by atoms with Gasteiger partial charge in [0.25, 0.3) is 0 Å². The van der Waals surface area contributed by atoms with Gasteiger partial charge >= 0.3 is 0 Å². The first-order valence-electron chi connectivity index (χ1n) is 5.30. The van der Waals surface area contributed by atoms with Crippen LogP contribution in [0.1, 0.15) is 20.8 Å². The van der Waals surface area contributed by atoms with Crippen LogP contribution in [0.25, 0.3) is 0 Å². The second-order valence-corrected chi connectivity index (χ2v) is 7.45. The average Bonchev–Trinajstić information content (AvgIpc) is 2.53. The van der Waals surface area contributed by atoms with E-state index in [0.29, 0.717) is 5.75 Å². The summed E-state index contributed by atoms with van der Waals surface area (Å²) in [6.45, 7) is 6.31. The molecule has 0 bridgehead atoms. The lowest BCUT2D eigenvalue weighted by Gasteiger charge is -2.21.